The highest BCUT2D eigenvalue weighted by atomic mass is 16.2. The van der Waals surface area contributed by atoms with Gasteiger partial charge in [-0.05, 0) is 6.07 Å². The third kappa shape index (κ3) is 1.52. The van der Waals surface area contributed by atoms with Crippen molar-refractivity contribution in [1.29, 1.82) is 0 Å². The topological polar surface area (TPSA) is 37.3 Å². The number of para-hydroxylation sites is 1. The van der Waals surface area contributed by atoms with Crippen molar-refractivity contribution < 1.29 is 4.79 Å². The van der Waals surface area contributed by atoms with E-state index in [1.54, 1.807) is 19.0 Å². The van der Waals surface area contributed by atoms with Crippen LogP contribution in [0.5, 0.6) is 0 Å². The monoisotopic (exact) mass is 217 g/mol. The molecule has 4 heteroatoms. The summed E-state index contributed by atoms with van der Waals surface area (Å²) in [6, 6.07) is 7.91. The van der Waals surface area contributed by atoms with Gasteiger partial charge in [-0.25, -0.2) is 4.79 Å². The smallest absolute Gasteiger partial charge is 0.321 e. The third-order valence-electron chi connectivity index (χ3n) is 2.76. The molecule has 0 saturated heterocycles. The van der Waals surface area contributed by atoms with Crippen LogP contribution in [0.4, 0.5) is 10.5 Å². The van der Waals surface area contributed by atoms with Crippen molar-refractivity contribution in [3.8, 4) is 0 Å². The summed E-state index contributed by atoms with van der Waals surface area (Å²) in [4.78, 5) is 13.2. The minimum Gasteiger partial charge on any atom is -0.348 e. The van der Waals surface area contributed by atoms with Gasteiger partial charge in [-0.1, -0.05) is 18.2 Å². The predicted octanol–water partition coefficient (Wildman–Crippen LogP) is 1.95. The lowest BCUT2D eigenvalue weighted by Crippen LogP contribution is -2.34. The molecule has 1 heterocycles. The summed E-state index contributed by atoms with van der Waals surface area (Å²) in [6.07, 6.45) is 1.96. The largest absolute Gasteiger partial charge is 0.348 e. The first-order valence-corrected chi connectivity index (χ1v) is 5.14. The van der Waals surface area contributed by atoms with E-state index in [4.69, 9.17) is 0 Å². The molecular weight excluding hydrogens is 202 g/mol. The van der Waals surface area contributed by atoms with Crippen molar-refractivity contribution >= 4 is 22.6 Å². The molecule has 0 aliphatic carbocycles. The molecule has 1 N–H and O–H groups in total. The highest BCUT2D eigenvalue weighted by Crippen LogP contribution is 2.27. The van der Waals surface area contributed by atoms with Crippen molar-refractivity contribution in [3.63, 3.8) is 0 Å². The Morgan fingerprint density at radius 3 is 2.75 bits per heavy atom. The van der Waals surface area contributed by atoms with Crippen molar-refractivity contribution in [2.24, 2.45) is 7.05 Å². The van der Waals surface area contributed by atoms with Crippen LogP contribution in [0.2, 0.25) is 0 Å². The number of nitrogens with one attached hydrogen (secondary N) is 1. The molecule has 2 rings (SSSR count). The number of carbonyl (C=O) groups is 1. The molecule has 2 aromatic rings. The van der Waals surface area contributed by atoms with E-state index in [0.717, 1.165) is 16.6 Å². The van der Waals surface area contributed by atoms with E-state index in [0.29, 0.717) is 0 Å². The molecule has 1 aromatic carbocycles. The number of hydrogen-bond donors (Lipinski definition) is 1. The van der Waals surface area contributed by atoms with Crippen molar-refractivity contribution in [3.05, 3.63) is 30.5 Å². The van der Waals surface area contributed by atoms with Gasteiger partial charge in [-0.3, -0.25) is 4.90 Å². The van der Waals surface area contributed by atoms with E-state index in [9.17, 15) is 4.79 Å². The number of fused-ring (bicyclic) bond motifs is 1. The second-order valence-corrected chi connectivity index (χ2v) is 3.76. The maximum absolute atomic E-state index is 11.6. The van der Waals surface area contributed by atoms with Crippen LogP contribution in [0.1, 0.15) is 0 Å². The normalized spacial score (nSPS) is 10.4. The van der Waals surface area contributed by atoms with E-state index >= 15 is 0 Å². The number of hydrogen-bond acceptors (Lipinski definition) is 1. The van der Waals surface area contributed by atoms with Crippen molar-refractivity contribution in [2.75, 3.05) is 19.0 Å². The van der Waals surface area contributed by atoms with Gasteiger partial charge in [0, 0.05) is 38.2 Å². The summed E-state index contributed by atoms with van der Waals surface area (Å²) in [5.74, 6) is 0. The molecular formula is C12H15N3O. The molecule has 4 nitrogen and oxygen atoms in total. The first-order valence-electron chi connectivity index (χ1n) is 5.14. The van der Waals surface area contributed by atoms with E-state index in [1.807, 2.05) is 42.1 Å². The number of aryl methyl sites for hydroxylation is 1. The fraction of sp³-hybridized carbons (Fsp3) is 0.250. The zero-order valence-corrected chi connectivity index (χ0v) is 9.69. The average molecular weight is 217 g/mol. The first-order chi connectivity index (χ1) is 7.65. The fourth-order valence-corrected chi connectivity index (χ4v) is 1.86. The predicted molar refractivity (Wildman–Crippen MR) is 65.8 cm³/mol. The van der Waals surface area contributed by atoms with Gasteiger partial charge in [-0.15, -0.1) is 0 Å². The SMILES string of the molecule is CNC(=O)N(C)c1cn(C)c2ccccc12. The van der Waals surface area contributed by atoms with Crippen LogP contribution < -0.4 is 10.2 Å². The Bertz CT molecular complexity index is 530. The number of carbonyl (C=O) groups excluding carboxylic acids is 1. The molecule has 0 aliphatic rings. The van der Waals surface area contributed by atoms with Gasteiger partial charge in [0.05, 0.1) is 5.69 Å². The zero-order valence-electron chi connectivity index (χ0n) is 9.69. The maximum Gasteiger partial charge on any atom is 0.321 e. The Balaban J connectivity index is 2.57. The summed E-state index contributed by atoms with van der Waals surface area (Å²) in [6.45, 7) is 0. The molecule has 16 heavy (non-hydrogen) atoms. The molecule has 2 amide bonds. The van der Waals surface area contributed by atoms with Crippen LogP contribution in [0, 0.1) is 0 Å². The van der Waals surface area contributed by atoms with Crippen LogP contribution in [0.15, 0.2) is 30.5 Å². The van der Waals surface area contributed by atoms with E-state index in [1.165, 1.54) is 0 Å². The minimum absolute atomic E-state index is 0.114. The van der Waals surface area contributed by atoms with Gasteiger partial charge in [-0.2, -0.15) is 0 Å². The summed E-state index contributed by atoms with van der Waals surface area (Å²) in [5.41, 5.74) is 2.03. The Morgan fingerprint density at radius 2 is 2.06 bits per heavy atom. The molecule has 0 fully saturated rings. The lowest BCUT2D eigenvalue weighted by atomic mass is 10.2. The lowest BCUT2D eigenvalue weighted by Gasteiger charge is -2.15. The number of anilines is 1. The number of amides is 2. The standard InChI is InChI=1S/C12H15N3O/c1-13-12(16)15(3)11-8-14(2)10-7-5-4-6-9(10)11/h4-8H,1-3H3,(H,13,16). The van der Waals surface area contributed by atoms with Gasteiger partial charge in [0.1, 0.15) is 0 Å². The lowest BCUT2D eigenvalue weighted by molar-refractivity contribution is 0.249. The highest BCUT2D eigenvalue weighted by molar-refractivity contribution is 6.02. The fourth-order valence-electron chi connectivity index (χ4n) is 1.86. The second-order valence-electron chi connectivity index (χ2n) is 3.76. The maximum atomic E-state index is 11.6. The molecule has 0 unspecified atom stereocenters. The quantitative estimate of drug-likeness (QED) is 0.779. The number of benzene rings is 1. The molecule has 0 atom stereocenters. The summed E-state index contributed by atoms with van der Waals surface area (Å²) < 4.78 is 2.02. The number of rotatable bonds is 1. The molecule has 0 saturated carbocycles. The minimum atomic E-state index is -0.114. The van der Waals surface area contributed by atoms with Gasteiger partial charge >= 0.3 is 6.03 Å². The Morgan fingerprint density at radius 1 is 1.38 bits per heavy atom. The van der Waals surface area contributed by atoms with Crippen LogP contribution in [-0.4, -0.2) is 24.7 Å². The molecule has 84 valence electrons. The molecule has 0 bridgehead atoms. The van der Waals surface area contributed by atoms with Crippen molar-refractivity contribution in [2.45, 2.75) is 0 Å². The molecule has 1 aromatic heterocycles. The Hall–Kier alpha value is -1.97. The molecule has 0 radical (unpaired) electrons. The average Bonchev–Trinajstić information content (AvgIpc) is 2.65. The summed E-state index contributed by atoms with van der Waals surface area (Å²) in [5, 5.41) is 3.69. The van der Waals surface area contributed by atoms with Crippen molar-refractivity contribution in [1.82, 2.24) is 9.88 Å². The summed E-state index contributed by atoms with van der Waals surface area (Å²) >= 11 is 0. The summed E-state index contributed by atoms with van der Waals surface area (Å²) in [7, 11) is 5.37. The second kappa shape index (κ2) is 3.89. The van der Waals surface area contributed by atoms with E-state index in [2.05, 4.69) is 5.32 Å². The van der Waals surface area contributed by atoms with E-state index < -0.39 is 0 Å². The highest BCUT2D eigenvalue weighted by Gasteiger charge is 2.14. The third-order valence-corrected chi connectivity index (χ3v) is 2.76. The van der Waals surface area contributed by atoms with Gasteiger partial charge in [0.2, 0.25) is 0 Å². The number of urea groups is 1. The number of nitrogens with zero attached hydrogens (tertiary/aromatic N) is 2. The van der Waals surface area contributed by atoms with E-state index in [-0.39, 0.29) is 6.03 Å². The Kier molecular flexibility index (Phi) is 2.56. The van der Waals surface area contributed by atoms with Crippen LogP contribution in [0.25, 0.3) is 10.9 Å². The number of aromatic nitrogens is 1. The molecule has 0 aliphatic heterocycles. The van der Waals surface area contributed by atoms with Crippen LogP contribution in [-0.2, 0) is 7.05 Å². The van der Waals surface area contributed by atoms with Crippen LogP contribution >= 0.6 is 0 Å². The molecule has 0 spiro atoms. The van der Waals surface area contributed by atoms with Gasteiger partial charge < -0.3 is 9.88 Å². The van der Waals surface area contributed by atoms with Crippen LogP contribution in [0.3, 0.4) is 0 Å². The van der Waals surface area contributed by atoms with Gasteiger partial charge in [0.25, 0.3) is 0 Å². The zero-order chi connectivity index (χ0) is 11.7. The Labute approximate surface area is 94.5 Å². The first kappa shape index (κ1) is 10.5. The van der Waals surface area contributed by atoms with Gasteiger partial charge in [0.15, 0.2) is 0 Å².